The van der Waals surface area contributed by atoms with Gasteiger partial charge in [0, 0.05) is 19.1 Å². The summed E-state index contributed by atoms with van der Waals surface area (Å²) in [6, 6.07) is 17.0. The molecule has 25 heavy (non-hydrogen) atoms. The van der Waals surface area contributed by atoms with Crippen molar-refractivity contribution < 1.29 is 9.47 Å². The van der Waals surface area contributed by atoms with Crippen molar-refractivity contribution in [3.63, 3.8) is 0 Å². The molecular formula is C21H30N2O2. The van der Waals surface area contributed by atoms with Crippen LogP contribution in [0.15, 0.2) is 48.5 Å². The molecule has 0 aliphatic rings. The van der Waals surface area contributed by atoms with Crippen LogP contribution in [-0.2, 0) is 6.54 Å². The van der Waals surface area contributed by atoms with E-state index in [2.05, 4.69) is 73.7 Å². The van der Waals surface area contributed by atoms with Crippen LogP contribution in [0.4, 0.5) is 0 Å². The summed E-state index contributed by atoms with van der Waals surface area (Å²) >= 11 is 0. The van der Waals surface area contributed by atoms with Gasteiger partial charge < -0.3 is 19.7 Å². The first-order chi connectivity index (χ1) is 12.1. The van der Waals surface area contributed by atoms with Crippen molar-refractivity contribution in [1.29, 1.82) is 0 Å². The van der Waals surface area contributed by atoms with Gasteiger partial charge in [0.1, 0.15) is 0 Å². The number of ether oxygens (including phenoxy) is 2. The normalized spacial score (nSPS) is 12.2. The van der Waals surface area contributed by atoms with Crippen LogP contribution in [0, 0.1) is 0 Å². The number of hydrogen-bond acceptors (Lipinski definition) is 4. The molecule has 2 aromatic rings. The molecule has 4 heteroatoms. The maximum atomic E-state index is 5.81. The third-order valence-electron chi connectivity index (χ3n) is 3.99. The Morgan fingerprint density at radius 2 is 1.80 bits per heavy atom. The summed E-state index contributed by atoms with van der Waals surface area (Å²) < 4.78 is 11.2. The van der Waals surface area contributed by atoms with E-state index in [1.54, 1.807) is 7.11 Å². The van der Waals surface area contributed by atoms with Gasteiger partial charge >= 0.3 is 0 Å². The van der Waals surface area contributed by atoms with Crippen LogP contribution in [-0.4, -0.2) is 39.3 Å². The number of rotatable bonds is 10. The van der Waals surface area contributed by atoms with Crippen LogP contribution in [0.3, 0.4) is 0 Å². The first-order valence-electron chi connectivity index (χ1n) is 8.86. The molecule has 1 N–H and O–H groups in total. The zero-order valence-electron chi connectivity index (χ0n) is 15.8. The highest BCUT2D eigenvalue weighted by molar-refractivity contribution is 5.43. The van der Waals surface area contributed by atoms with Crippen molar-refractivity contribution in [1.82, 2.24) is 10.2 Å². The fourth-order valence-corrected chi connectivity index (χ4v) is 2.74. The van der Waals surface area contributed by atoms with E-state index in [0.717, 1.165) is 31.0 Å². The van der Waals surface area contributed by atoms with E-state index in [4.69, 9.17) is 9.47 Å². The molecule has 0 fully saturated rings. The second kappa shape index (κ2) is 10.1. The number of nitrogens with one attached hydrogen (secondary N) is 1. The highest BCUT2D eigenvalue weighted by atomic mass is 16.5. The van der Waals surface area contributed by atoms with E-state index in [9.17, 15) is 0 Å². The average Bonchev–Trinajstić information content (AvgIpc) is 2.63. The minimum Gasteiger partial charge on any atom is -0.493 e. The van der Waals surface area contributed by atoms with Crippen LogP contribution in [0.5, 0.6) is 11.5 Å². The van der Waals surface area contributed by atoms with Crippen LogP contribution in [0.25, 0.3) is 0 Å². The van der Waals surface area contributed by atoms with E-state index < -0.39 is 0 Å². The molecule has 2 aromatic carbocycles. The van der Waals surface area contributed by atoms with Gasteiger partial charge in [-0.05, 0) is 43.8 Å². The third-order valence-corrected chi connectivity index (χ3v) is 3.99. The van der Waals surface area contributed by atoms with Gasteiger partial charge in [-0.1, -0.05) is 43.3 Å². The van der Waals surface area contributed by atoms with Crippen LogP contribution >= 0.6 is 0 Å². The van der Waals surface area contributed by atoms with Gasteiger partial charge in [-0.2, -0.15) is 0 Å². The monoisotopic (exact) mass is 342 g/mol. The maximum Gasteiger partial charge on any atom is 0.161 e. The van der Waals surface area contributed by atoms with Gasteiger partial charge in [0.05, 0.1) is 13.7 Å². The number of likely N-dealkylation sites (N-methyl/N-ethyl adjacent to an activating group) is 1. The van der Waals surface area contributed by atoms with Crippen molar-refractivity contribution in [2.75, 3.05) is 34.4 Å². The van der Waals surface area contributed by atoms with Crippen molar-refractivity contribution in [3.05, 3.63) is 59.7 Å². The van der Waals surface area contributed by atoms with E-state index in [1.165, 1.54) is 11.1 Å². The van der Waals surface area contributed by atoms with Gasteiger partial charge in [-0.3, -0.25) is 0 Å². The Hall–Kier alpha value is -2.04. The lowest BCUT2D eigenvalue weighted by molar-refractivity contribution is 0.293. The highest BCUT2D eigenvalue weighted by Gasteiger charge is 2.13. The molecular weight excluding hydrogens is 312 g/mol. The lowest BCUT2D eigenvalue weighted by Gasteiger charge is -2.23. The molecule has 0 amide bonds. The second-order valence-corrected chi connectivity index (χ2v) is 6.44. The molecule has 0 heterocycles. The molecule has 0 saturated carbocycles. The molecule has 0 saturated heterocycles. The fraction of sp³-hybridized carbons (Fsp3) is 0.429. The van der Waals surface area contributed by atoms with Gasteiger partial charge in [-0.15, -0.1) is 0 Å². The Morgan fingerprint density at radius 3 is 2.44 bits per heavy atom. The topological polar surface area (TPSA) is 33.7 Å². The van der Waals surface area contributed by atoms with Crippen molar-refractivity contribution in [3.8, 4) is 11.5 Å². The minimum atomic E-state index is 0.276. The summed E-state index contributed by atoms with van der Waals surface area (Å²) in [5.41, 5.74) is 2.48. The summed E-state index contributed by atoms with van der Waals surface area (Å²) in [4.78, 5) is 2.20. The lowest BCUT2D eigenvalue weighted by atomic mass is 10.1. The van der Waals surface area contributed by atoms with Crippen LogP contribution < -0.4 is 14.8 Å². The van der Waals surface area contributed by atoms with Gasteiger partial charge in [-0.25, -0.2) is 0 Å². The summed E-state index contributed by atoms with van der Waals surface area (Å²) in [6.45, 7) is 4.52. The summed E-state index contributed by atoms with van der Waals surface area (Å²) in [5.74, 6) is 1.60. The summed E-state index contributed by atoms with van der Waals surface area (Å²) in [5, 5.41) is 3.67. The zero-order valence-corrected chi connectivity index (χ0v) is 15.8. The van der Waals surface area contributed by atoms with E-state index in [0.29, 0.717) is 6.61 Å². The lowest BCUT2D eigenvalue weighted by Crippen LogP contribution is -2.30. The van der Waals surface area contributed by atoms with Crippen molar-refractivity contribution in [2.24, 2.45) is 0 Å². The molecule has 0 aliphatic carbocycles. The predicted molar refractivity (Wildman–Crippen MR) is 103 cm³/mol. The Kier molecular flexibility index (Phi) is 7.76. The van der Waals surface area contributed by atoms with Gasteiger partial charge in [0.15, 0.2) is 11.5 Å². The number of benzene rings is 2. The first kappa shape index (κ1) is 19.3. The third kappa shape index (κ3) is 6.07. The molecule has 1 atom stereocenters. The quantitative estimate of drug-likeness (QED) is 0.710. The minimum absolute atomic E-state index is 0.276. The molecule has 0 radical (unpaired) electrons. The molecule has 136 valence electrons. The van der Waals surface area contributed by atoms with Crippen LogP contribution in [0.1, 0.15) is 30.5 Å². The largest absolute Gasteiger partial charge is 0.493 e. The highest BCUT2D eigenvalue weighted by Crippen LogP contribution is 2.28. The number of hydrogen-bond donors (Lipinski definition) is 1. The van der Waals surface area contributed by atoms with E-state index in [-0.39, 0.29) is 6.04 Å². The Labute approximate surface area is 151 Å². The molecule has 0 aromatic heterocycles. The van der Waals surface area contributed by atoms with E-state index >= 15 is 0 Å². The van der Waals surface area contributed by atoms with Crippen molar-refractivity contribution >= 4 is 0 Å². The number of nitrogens with zero attached hydrogens (tertiary/aromatic N) is 1. The SMILES string of the molecule is CCCOc1cc(CNC(CN(C)C)c2ccccc2)ccc1OC. The Balaban J connectivity index is 2.08. The second-order valence-electron chi connectivity index (χ2n) is 6.44. The molecule has 1 unspecified atom stereocenters. The number of methoxy groups -OCH3 is 1. The molecule has 0 bridgehead atoms. The average molecular weight is 342 g/mol. The van der Waals surface area contributed by atoms with Crippen LogP contribution in [0.2, 0.25) is 0 Å². The molecule has 0 aliphatic heterocycles. The molecule has 0 spiro atoms. The maximum absolute atomic E-state index is 5.81. The summed E-state index contributed by atoms with van der Waals surface area (Å²) in [7, 11) is 5.87. The summed E-state index contributed by atoms with van der Waals surface area (Å²) in [6.07, 6.45) is 0.977. The molecule has 2 rings (SSSR count). The Morgan fingerprint density at radius 1 is 1.04 bits per heavy atom. The predicted octanol–water partition coefficient (Wildman–Crippen LogP) is 3.88. The zero-order chi connectivity index (χ0) is 18.1. The van der Waals surface area contributed by atoms with Crippen molar-refractivity contribution in [2.45, 2.75) is 25.9 Å². The van der Waals surface area contributed by atoms with Gasteiger partial charge in [0.25, 0.3) is 0 Å². The fourth-order valence-electron chi connectivity index (χ4n) is 2.74. The van der Waals surface area contributed by atoms with Gasteiger partial charge in [0.2, 0.25) is 0 Å². The molecule has 4 nitrogen and oxygen atoms in total. The smallest absolute Gasteiger partial charge is 0.161 e. The Bertz CT molecular complexity index is 629. The van der Waals surface area contributed by atoms with E-state index in [1.807, 2.05) is 6.07 Å². The standard InChI is InChI=1S/C21H30N2O2/c1-5-13-25-21-14-17(11-12-20(21)24-4)15-22-19(16-23(2)3)18-9-7-6-8-10-18/h6-12,14,19,22H,5,13,15-16H2,1-4H3. The first-order valence-corrected chi connectivity index (χ1v) is 8.86.